The number of halogens is 3. The van der Waals surface area contributed by atoms with E-state index in [0.717, 1.165) is 18.2 Å². The van der Waals surface area contributed by atoms with Gasteiger partial charge in [-0.25, -0.2) is 13.2 Å². The fourth-order valence-corrected chi connectivity index (χ4v) is 1.95. The van der Waals surface area contributed by atoms with Gasteiger partial charge in [0, 0.05) is 22.2 Å². The minimum Gasteiger partial charge on any atom is -0.354 e. The Morgan fingerprint density at radius 1 is 0.778 bits per heavy atom. The molecule has 0 aliphatic heterocycles. The maximum absolute atomic E-state index is 13.6. The highest BCUT2D eigenvalue weighted by Crippen LogP contribution is 2.27. The van der Waals surface area contributed by atoms with Crippen LogP contribution >= 0.6 is 0 Å². The predicted octanol–water partition coefficient (Wildman–Crippen LogP) is 4.25. The Morgan fingerprint density at radius 3 is 2.33 bits per heavy atom. The summed E-state index contributed by atoms with van der Waals surface area (Å²) >= 11 is 0. The van der Waals surface area contributed by atoms with Crippen molar-refractivity contribution in [3.05, 3.63) is 59.9 Å². The largest absolute Gasteiger partial charge is 0.354 e. The third-order valence-corrected chi connectivity index (χ3v) is 2.80. The highest BCUT2D eigenvalue weighted by molar-refractivity contribution is 5.85. The number of aromatic amines is 1. The monoisotopic (exact) mass is 247 g/mol. The SMILES string of the molecule is Fc1ccc(F)c(-c2cc3cc(F)ccc3[nH]2)c1. The molecule has 0 aliphatic carbocycles. The zero-order valence-corrected chi connectivity index (χ0v) is 9.18. The van der Waals surface area contributed by atoms with Gasteiger partial charge >= 0.3 is 0 Å². The smallest absolute Gasteiger partial charge is 0.132 e. The van der Waals surface area contributed by atoms with Gasteiger partial charge in [0.05, 0.1) is 0 Å². The maximum Gasteiger partial charge on any atom is 0.132 e. The first-order valence-electron chi connectivity index (χ1n) is 5.37. The second kappa shape index (κ2) is 3.91. The van der Waals surface area contributed by atoms with Gasteiger partial charge in [0.1, 0.15) is 17.5 Å². The van der Waals surface area contributed by atoms with Crippen LogP contribution in [0.5, 0.6) is 0 Å². The van der Waals surface area contributed by atoms with Gasteiger partial charge in [0.15, 0.2) is 0 Å². The first-order chi connectivity index (χ1) is 8.63. The summed E-state index contributed by atoms with van der Waals surface area (Å²) in [5.74, 6) is -1.41. The third-order valence-electron chi connectivity index (χ3n) is 2.80. The van der Waals surface area contributed by atoms with E-state index in [1.54, 1.807) is 12.1 Å². The van der Waals surface area contributed by atoms with Crippen molar-refractivity contribution in [3.63, 3.8) is 0 Å². The lowest BCUT2D eigenvalue weighted by atomic mass is 10.1. The summed E-state index contributed by atoms with van der Waals surface area (Å²) in [6, 6.07) is 9.03. The summed E-state index contributed by atoms with van der Waals surface area (Å²) in [5.41, 5.74) is 1.23. The van der Waals surface area contributed by atoms with Crippen LogP contribution in [-0.2, 0) is 0 Å². The number of nitrogens with one attached hydrogen (secondary N) is 1. The number of H-pyrrole nitrogens is 1. The Bertz CT molecular complexity index is 731. The molecular weight excluding hydrogens is 239 g/mol. The van der Waals surface area contributed by atoms with E-state index < -0.39 is 11.6 Å². The van der Waals surface area contributed by atoms with E-state index in [-0.39, 0.29) is 11.4 Å². The normalized spacial score (nSPS) is 11.1. The molecule has 0 atom stereocenters. The van der Waals surface area contributed by atoms with E-state index >= 15 is 0 Å². The van der Waals surface area contributed by atoms with Crippen molar-refractivity contribution in [2.75, 3.05) is 0 Å². The highest BCUT2D eigenvalue weighted by Gasteiger charge is 2.09. The molecule has 1 heterocycles. The Kier molecular flexibility index (Phi) is 2.37. The van der Waals surface area contributed by atoms with Crippen molar-refractivity contribution >= 4 is 10.9 Å². The second-order valence-corrected chi connectivity index (χ2v) is 4.04. The van der Waals surface area contributed by atoms with Crippen molar-refractivity contribution in [1.82, 2.24) is 4.98 Å². The minimum atomic E-state index is -0.525. The van der Waals surface area contributed by atoms with Crippen LogP contribution in [0.2, 0.25) is 0 Å². The Morgan fingerprint density at radius 2 is 1.50 bits per heavy atom. The maximum atomic E-state index is 13.6. The molecule has 0 aliphatic rings. The average Bonchev–Trinajstić information content (AvgIpc) is 2.74. The van der Waals surface area contributed by atoms with Gasteiger partial charge in [0.25, 0.3) is 0 Å². The van der Waals surface area contributed by atoms with Crippen LogP contribution < -0.4 is 0 Å². The van der Waals surface area contributed by atoms with Crippen molar-refractivity contribution < 1.29 is 13.2 Å². The lowest BCUT2D eigenvalue weighted by Gasteiger charge is -1.99. The van der Waals surface area contributed by atoms with E-state index in [9.17, 15) is 13.2 Å². The molecule has 0 saturated carbocycles. The number of benzene rings is 2. The number of hydrogen-bond acceptors (Lipinski definition) is 0. The molecule has 0 saturated heterocycles. The van der Waals surface area contributed by atoms with Crippen molar-refractivity contribution in [3.8, 4) is 11.3 Å². The quantitative estimate of drug-likeness (QED) is 0.661. The zero-order valence-electron chi connectivity index (χ0n) is 9.18. The van der Waals surface area contributed by atoms with E-state index in [0.29, 0.717) is 16.6 Å². The summed E-state index contributed by atoms with van der Waals surface area (Å²) < 4.78 is 39.8. The molecule has 0 bridgehead atoms. The van der Waals surface area contributed by atoms with Crippen molar-refractivity contribution in [1.29, 1.82) is 0 Å². The molecular formula is C14H8F3N. The first-order valence-corrected chi connectivity index (χ1v) is 5.37. The predicted molar refractivity (Wildman–Crippen MR) is 63.6 cm³/mol. The summed E-state index contributed by atoms with van der Waals surface area (Å²) in [6.45, 7) is 0. The van der Waals surface area contributed by atoms with Crippen LogP contribution in [0.25, 0.3) is 22.2 Å². The van der Waals surface area contributed by atoms with Crippen LogP contribution in [0.15, 0.2) is 42.5 Å². The standard InChI is InChI=1S/C14H8F3N/c15-9-2-4-13-8(5-9)6-14(18-13)11-7-10(16)1-3-12(11)17/h1-7,18H. The number of fused-ring (bicyclic) bond motifs is 1. The van der Waals surface area contributed by atoms with Crippen molar-refractivity contribution in [2.45, 2.75) is 0 Å². The van der Waals surface area contributed by atoms with Crippen LogP contribution in [0.3, 0.4) is 0 Å². The van der Waals surface area contributed by atoms with E-state index in [2.05, 4.69) is 4.98 Å². The summed E-state index contributed by atoms with van der Waals surface area (Å²) in [4.78, 5) is 2.93. The van der Waals surface area contributed by atoms with E-state index in [1.165, 1.54) is 12.1 Å². The summed E-state index contributed by atoms with van der Waals surface area (Å²) in [6.07, 6.45) is 0. The molecule has 18 heavy (non-hydrogen) atoms. The Hall–Kier alpha value is -2.23. The molecule has 90 valence electrons. The molecule has 3 aromatic rings. The van der Waals surface area contributed by atoms with Crippen LogP contribution in [-0.4, -0.2) is 4.98 Å². The molecule has 1 nitrogen and oxygen atoms in total. The molecule has 4 heteroatoms. The fourth-order valence-electron chi connectivity index (χ4n) is 1.95. The topological polar surface area (TPSA) is 15.8 Å². The molecule has 0 spiro atoms. The zero-order chi connectivity index (χ0) is 12.7. The minimum absolute atomic E-state index is 0.131. The molecule has 1 N–H and O–H groups in total. The van der Waals surface area contributed by atoms with Crippen molar-refractivity contribution in [2.24, 2.45) is 0 Å². The second-order valence-electron chi connectivity index (χ2n) is 4.04. The molecule has 2 aromatic carbocycles. The number of hydrogen-bond donors (Lipinski definition) is 1. The summed E-state index contributed by atoms with van der Waals surface area (Å²) in [5, 5.41) is 0.619. The fraction of sp³-hybridized carbons (Fsp3) is 0. The molecule has 0 fully saturated rings. The van der Waals surface area contributed by atoms with Crippen LogP contribution in [0.4, 0.5) is 13.2 Å². The summed E-state index contributed by atoms with van der Waals surface area (Å²) in [7, 11) is 0. The molecule has 3 rings (SSSR count). The van der Waals surface area contributed by atoms with Gasteiger partial charge < -0.3 is 4.98 Å². The van der Waals surface area contributed by atoms with Gasteiger partial charge in [-0.1, -0.05) is 0 Å². The van der Waals surface area contributed by atoms with Gasteiger partial charge in [0.2, 0.25) is 0 Å². The highest BCUT2D eigenvalue weighted by atomic mass is 19.1. The Labute approximate surface area is 101 Å². The van der Waals surface area contributed by atoms with Gasteiger partial charge in [-0.2, -0.15) is 0 Å². The van der Waals surface area contributed by atoms with Crippen LogP contribution in [0, 0.1) is 17.5 Å². The molecule has 0 amide bonds. The van der Waals surface area contributed by atoms with Crippen LogP contribution in [0.1, 0.15) is 0 Å². The van der Waals surface area contributed by atoms with E-state index in [1.807, 2.05) is 0 Å². The number of aromatic nitrogens is 1. The number of rotatable bonds is 1. The Balaban J connectivity index is 2.22. The molecule has 0 unspecified atom stereocenters. The first kappa shape index (κ1) is 10.9. The average molecular weight is 247 g/mol. The molecule has 0 radical (unpaired) electrons. The van der Waals surface area contributed by atoms with Gasteiger partial charge in [-0.05, 0) is 42.5 Å². The third kappa shape index (κ3) is 1.76. The lowest BCUT2D eigenvalue weighted by molar-refractivity contribution is 0.603. The van der Waals surface area contributed by atoms with Gasteiger partial charge in [-0.3, -0.25) is 0 Å². The van der Waals surface area contributed by atoms with E-state index in [4.69, 9.17) is 0 Å². The van der Waals surface area contributed by atoms with Gasteiger partial charge in [-0.15, -0.1) is 0 Å². The molecule has 1 aromatic heterocycles. The lowest BCUT2D eigenvalue weighted by Crippen LogP contribution is -1.85.